The van der Waals surface area contributed by atoms with Gasteiger partial charge < -0.3 is 5.32 Å². The Morgan fingerprint density at radius 2 is 1.84 bits per heavy atom. The van der Waals surface area contributed by atoms with Crippen molar-refractivity contribution >= 4 is 33.9 Å². The van der Waals surface area contributed by atoms with E-state index in [0.29, 0.717) is 33.4 Å². The van der Waals surface area contributed by atoms with Crippen LogP contribution in [0.5, 0.6) is 0 Å². The molecule has 0 spiro atoms. The Bertz CT molecular complexity index is 1390. The molecule has 7 heteroatoms. The summed E-state index contributed by atoms with van der Waals surface area (Å²) in [6.45, 7) is 13.0. The average Bonchev–Trinajstić information content (AvgIpc) is 2.74. The zero-order valence-corrected chi connectivity index (χ0v) is 18.1. The molecule has 4 aromatic rings. The summed E-state index contributed by atoms with van der Waals surface area (Å²) >= 11 is 6.38. The standard InChI is InChI=1S/C24H20ClN5O/c1-14(28-23-22(26-4)15(2)27-16(3)29-23)20-13-17-9-8-12-19(25)21(17)24(31)30(20)18-10-6-5-7-11-18/h5-14H,1-3H3,(H,27,28,29)/t14-/m0/s1. The van der Waals surface area contributed by atoms with Crippen LogP contribution in [0.15, 0.2) is 59.4 Å². The molecule has 31 heavy (non-hydrogen) atoms. The molecule has 1 N–H and O–H groups in total. The average molecular weight is 430 g/mol. The first-order valence-electron chi connectivity index (χ1n) is 9.79. The van der Waals surface area contributed by atoms with Crippen LogP contribution >= 0.6 is 11.6 Å². The number of aryl methyl sites for hydroxylation is 2. The first-order chi connectivity index (χ1) is 14.9. The van der Waals surface area contributed by atoms with Gasteiger partial charge in [0.25, 0.3) is 5.56 Å². The molecule has 0 radical (unpaired) electrons. The number of para-hydroxylation sites is 1. The van der Waals surface area contributed by atoms with Crippen molar-refractivity contribution in [2.24, 2.45) is 0 Å². The van der Waals surface area contributed by atoms with E-state index in [2.05, 4.69) is 20.1 Å². The fraction of sp³-hybridized carbons (Fsp3) is 0.167. The van der Waals surface area contributed by atoms with Gasteiger partial charge in [0.2, 0.25) is 5.69 Å². The number of aromatic nitrogens is 3. The number of nitrogens with one attached hydrogen (secondary N) is 1. The predicted octanol–water partition coefficient (Wildman–Crippen LogP) is 5.77. The topological polar surface area (TPSA) is 64.2 Å². The smallest absolute Gasteiger partial charge is 0.264 e. The highest BCUT2D eigenvalue weighted by atomic mass is 35.5. The number of hydrogen-bond donors (Lipinski definition) is 1. The summed E-state index contributed by atoms with van der Waals surface area (Å²) in [4.78, 5) is 25.8. The van der Waals surface area contributed by atoms with Crippen LogP contribution in [-0.2, 0) is 0 Å². The highest BCUT2D eigenvalue weighted by Gasteiger charge is 2.20. The molecular formula is C24H20ClN5O. The van der Waals surface area contributed by atoms with E-state index < -0.39 is 0 Å². The molecule has 0 bridgehead atoms. The van der Waals surface area contributed by atoms with Gasteiger partial charge in [-0.3, -0.25) is 9.36 Å². The van der Waals surface area contributed by atoms with Crippen LogP contribution in [0.3, 0.4) is 0 Å². The summed E-state index contributed by atoms with van der Waals surface area (Å²) in [6.07, 6.45) is 0. The van der Waals surface area contributed by atoms with Crippen molar-refractivity contribution in [1.29, 1.82) is 0 Å². The van der Waals surface area contributed by atoms with Crippen LogP contribution in [0.25, 0.3) is 21.3 Å². The Kier molecular flexibility index (Phi) is 5.45. The molecule has 2 heterocycles. The van der Waals surface area contributed by atoms with Gasteiger partial charge in [0, 0.05) is 11.4 Å². The largest absolute Gasteiger partial charge is 0.371 e. The third-order valence-electron chi connectivity index (χ3n) is 5.12. The second-order valence-electron chi connectivity index (χ2n) is 7.28. The van der Waals surface area contributed by atoms with Gasteiger partial charge in [-0.15, -0.1) is 0 Å². The maximum Gasteiger partial charge on any atom is 0.264 e. The van der Waals surface area contributed by atoms with Gasteiger partial charge >= 0.3 is 0 Å². The molecule has 2 aromatic carbocycles. The van der Waals surface area contributed by atoms with E-state index in [1.165, 1.54) is 0 Å². The van der Waals surface area contributed by atoms with Crippen LogP contribution in [0, 0.1) is 20.4 Å². The lowest BCUT2D eigenvalue weighted by Crippen LogP contribution is -2.26. The van der Waals surface area contributed by atoms with Crippen molar-refractivity contribution in [2.45, 2.75) is 26.8 Å². The first kappa shape index (κ1) is 20.6. The van der Waals surface area contributed by atoms with E-state index in [0.717, 1.165) is 16.8 Å². The van der Waals surface area contributed by atoms with Gasteiger partial charge in [0.05, 0.1) is 28.7 Å². The van der Waals surface area contributed by atoms with Gasteiger partial charge in [0.15, 0.2) is 0 Å². The Morgan fingerprint density at radius 1 is 1.10 bits per heavy atom. The van der Waals surface area contributed by atoms with Crippen molar-refractivity contribution in [3.8, 4) is 5.69 Å². The van der Waals surface area contributed by atoms with E-state index in [9.17, 15) is 4.79 Å². The van der Waals surface area contributed by atoms with Crippen LogP contribution in [0.2, 0.25) is 5.02 Å². The van der Waals surface area contributed by atoms with Crippen LogP contribution < -0.4 is 10.9 Å². The summed E-state index contributed by atoms with van der Waals surface area (Å²) in [6, 6.07) is 16.5. The molecule has 1 atom stereocenters. The van der Waals surface area contributed by atoms with Gasteiger partial charge in [-0.25, -0.2) is 14.8 Å². The summed E-state index contributed by atoms with van der Waals surface area (Å²) in [7, 11) is 0. The maximum atomic E-state index is 13.5. The maximum absolute atomic E-state index is 13.5. The molecule has 0 saturated carbocycles. The number of fused-ring (bicyclic) bond motifs is 1. The molecule has 0 fully saturated rings. The fourth-order valence-corrected chi connectivity index (χ4v) is 3.98. The van der Waals surface area contributed by atoms with Crippen molar-refractivity contribution in [3.05, 3.63) is 98.6 Å². The number of nitrogens with zero attached hydrogens (tertiary/aromatic N) is 4. The zero-order chi connectivity index (χ0) is 22.1. The van der Waals surface area contributed by atoms with E-state index >= 15 is 0 Å². The molecule has 0 aliphatic carbocycles. The quantitative estimate of drug-likeness (QED) is 0.418. The Hall–Kier alpha value is -3.69. The van der Waals surface area contributed by atoms with Crippen molar-refractivity contribution in [3.63, 3.8) is 0 Å². The Morgan fingerprint density at radius 3 is 2.55 bits per heavy atom. The first-order valence-corrected chi connectivity index (χ1v) is 10.2. The molecule has 0 saturated heterocycles. The second-order valence-corrected chi connectivity index (χ2v) is 7.69. The molecule has 0 aliphatic rings. The van der Waals surface area contributed by atoms with E-state index in [1.54, 1.807) is 24.5 Å². The minimum atomic E-state index is -0.328. The fourth-order valence-electron chi connectivity index (χ4n) is 3.72. The zero-order valence-electron chi connectivity index (χ0n) is 17.3. The molecule has 154 valence electrons. The van der Waals surface area contributed by atoms with Gasteiger partial charge in [-0.1, -0.05) is 41.9 Å². The van der Waals surface area contributed by atoms with Crippen LogP contribution in [-0.4, -0.2) is 14.5 Å². The summed E-state index contributed by atoms with van der Waals surface area (Å²) in [5, 5.41) is 4.96. The minimum Gasteiger partial charge on any atom is -0.371 e. The van der Waals surface area contributed by atoms with Gasteiger partial charge in [-0.2, -0.15) is 0 Å². The number of pyridine rings is 1. The third-order valence-corrected chi connectivity index (χ3v) is 5.43. The Balaban J connectivity index is 1.94. The second kappa shape index (κ2) is 8.21. The summed E-state index contributed by atoms with van der Waals surface area (Å²) in [5.74, 6) is 1.02. The van der Waals surface area contributed by atoms with Gasteiger partial charge in [-0.05, 0) is 50.4 Å². The molecule has 0 aliphatic heterocycles. The number of benzene rings is 2. The summed E-state index contributed by atoms with van der Waals surface area (Å²) < 4.78 is 1.66. The van der Waals surface area contributed by atoms with E-state index in [4.69, 9.17) is 18.2 Å². The molecular weight excluding hydrogens is 410 g/mol. The lowest BCUT2D eigenvalue weighted by Gasteiger charge is -2.22. The number of anilines is 1. The normalized spacial score (nSPS) is 11.8. The summed E-state index contributed by atoms with van der Waals surface area (Å²) in [5.41, 5.74) is 2.26. The lowest BCUT2D eigenvalue weighted by molar-refractivity contribution is 0.771. The SMILES string of the molecule is [C-]#[N+]c1c(C)nc(C)nc1N[C@@H](C)c1cc2cccc(Cl)c2c(=O)n1-c1ccccc1. The number of halogens is 1. The van der Waals surface area contributed by atoms with Crippen molar-refractivity contribution in [1.82, 2.24) is 14.5 Å². The third kappa shape index (κ3) is 3.76. The molecule has 0 amide bonds. The molecule has 4 rings (SSSR count). The van der Waals surface area contributed by atoms with Crippen LogP contribution in [0.4, 0.5) is 11.5 Å². The van der Waals surface area contributed by atoms with Crippen molar-refractivity contribution in [2.75, 3.05) is 5.32 Å². The highest BCUT2D eigenvalue weighted by Crippen LogP contribution is 2.31. The van der Waals surface area contributed by atoms with Gasteiger partial charge in [0.1, 0.15) is 11.6 Å². The predicted molar refractivity (Wildman–Crippen MR) is 124 cm³/mol. The number of hydrogen-bond acceptors (Lipinski definition) is 4. The lowest BCUT2D eigenvalue weighted by atomic mass is 10.1. The molecule has 6 nitrogen and oxygen atoms in total. The van der Waals surface area contributed by atoms with Crippen LogP contribution in [0.1, 0.15) is 30.2 Å². The molecule has 0 unspecified atom stereocenters. The van der Waals surface area contributed by atoms with E-state index in [1.807, 2.05) is 55.5 Å². The Labute approximate surface area is 185 Å². The number of rotatable bonds is 4. The van der Waals surface area contributed by atoms with Crippen molar-refractivity contribution < 1.29 is 0 Å². The highest BCUT2D eigenvalue weighted by molar-refractivity contribution is 6.35. The minimum absolute atomic E-state index is 0.196. The molecule has 2 aromatic heterocycles. The monoisotopic (exact) mass is 429 g/mol. The van der Waals surface area contributed by atoms with E-state index in [-0.39, 0.29) is 11.6 Å².